The zero-order valence-electron chi connectivity index (χ0n) is 7.65. The zero-order valence-corrected chi connectivity index (χ0v) is 7.65. The van der Waals surface area contributed by atoms with E-state index in [0.717, 1.165) is 0 Å². The fraction of sp³-hybridized carbons (Fsp3) is 0. The first-order chi connectivity index (χ1) is 7.27. The molecular formula is C8H7BN4O2. The van der Waals surface area contributed by atoms with Gasteiger partial charge in [-0.15, -0.1) is 0 Å². The molecule has 0 aliphatic heterocycles. The van der Waals surface area contributed by atoms with Crippen LogP contribution in [0.2, 0.25) is 0 Å². The topological polar surface area (TPSA) is 92.0 Å². The maximum atomic E-state index is 8.84. The molecule has 7 heteroatoms. The number of hydrogen-bond acceptors (Lipinski definition) is 6. The minimum absolute atomic E-state index is 0.243. The van der Waals surface area contributed by atoms with Crippen molar-refractivity contribution in [3.05, 3.63) is 31.0 Å². The number of rotatable bonds is 2. The van der Waals surface area contributed by atoms with Gasteiger partial charge in [-0.1, -0.05) is 0 Å². The molecule has 0 spiro atoms. The van der Waals surface area contributed by atoms with Crippen molar-refractivity contribution in [3.8, 4) is 11.5 Å². The summed E-state index contributed by atoms with van der Waals surface area (Å²) in [6, 6.07) is 1.67. The molecule has 0 saturated carbocycles. The number of nitrogens with zero attached hydrogens (tertiary/aromatic N) is 4. The average Bonchev–Trinajstić information content (AvgIpc) is 2.30. The molecule has 0 saturated heterocycles. The smallest absolute Gasteiger partial charge is 0.423 e. The van der Waals surface area contributed by atoms with Gasteiger partial charge in [-0.2, -0.15) is 0 Å². The van der Waals surface area contributed by atoms with E-state index in [0.29, 0.717) is 11.5 Å². The van der Waals surface area contributed by atoms with Crippen molar-refractivity contribution in [2.45, 2.75) is 0 Å². The van der Waals surface area contributed by atoms with Gasteiger partial charge in [0.2, 0.25) is 0 Å². The van der Waals surface area contributed by atoms with Crippen LogP contribution in [0.5, 0.6) is 0 Å². The number of aromatic nitrogens is 4. The predicted molar refractivity (Wildman–Crippen MR) is 52.9 cm³/mol. The minimum atomic E-state index is -1.55. The molecule has 2 aromatic rings. The van der Waals surface area contributed by atoms with Crippen molar-refractivity contribution < 1.29 is 10.0 Å². The van der Waals surface area contributed by atoms with Crippen LogP contribution in [0.4, 0.5) is 0 Å². The zero-order chi connectivity index (χ0) is 10.7. The van der Waals surface area contributed by atoms with Crippen molar-refractivity contribution in [2.24, 2.45) is 0 Å². The highest BCUT2D eigenvalue weighted by molar-refractivity contribution is 6.58. The van der Waals surface area contributed by atoms with Crippen molar-refractivity contribution >= 4 is 12.6 Å². The molecule has 2 N–H and O–H groups in total. The molecule has 2 heterocycles. The van der Waals surface area contributed by atoms with Crippen LogP contribution in [0.25, 0.3) is 11.5 Å². The average molecular weight is 202 g/mol. The maximum Gasteiger partial charge on any atom is 0.491 e. The van der Waals surface area contributed by atoms with E-state index in [4.69, 9.17) is 10.0 Å². The van der Waals surface area contributed by atoms with Gasteiger partial charge in [-0.25, -0.2) is 19.9 Å². The fourth-order valence-electron chi connectivity index (χ4n) is 1.03. The van der Waals surface area contributed by atoms with E-state index in [1.54, 1.807) is 12.3 Å². The third kappa shape index (κ3) is 2.14. The second-order valence-electron chi connectivity index (χ2n) is 2.81. The molecule has 15 heavy (non-hydrogen) atoms. The molecule has 6 nitrogen and oxygen atoms in total. The fourth-order valence-corrected chi connectivity index (χ4v) is 1.03. The lowest BCUT2D eigenvalue weighted by Gasteiger charge is -2.00. The summed E-state index contributed by atoms with van der Waals surface area (Å²) in [7, 11) is -1.55. The Morgan fingerprint density at radius 3 is 2.33 bits per heavy atom. The summed E-state index contributed by atoms with van der Waals surface area (Å²) in [6.45, 7) is 0. The summed E-state index contributed by atoms with van der Waals surface area (Å²) in [5.74, 6) is 0.418. The molecule has 0 amide bonds. The maximum absolute atomic E-state index is 8.84. The standard InChI is InChI=1S/C8H7BN4O2/c14-9(15)6-3-11-8(12-4-6)7-1-2-10-5-13-7/h1-5,14-15H. The van der Waals surface area contributed by atoms with Crippen LogP contribution >= 0.6 is 0 Å². The van der Waals surface area contributed by atoms with Crippen LogP contribution in [0.3, 0.4) is 0 Å². The first kappa shape index (κ1) is 9.69. The second kappa shape index (κ2) is 4.12. The van der Waals surface area contributed by atoms with Gasteiger partial charge < -0.3 is 10.0 Å². The molecule has 74 valence electrons. The Bertz CT molecular complexity index is 434. The summed E-state index contributed by atoms with van der Waals surface area (Å²) in [4.78, 5) is 15.6. The summed E-state index contributed by atoms with van der Waals surface area (Å²) in [6.07, 6.45) is 5.66. The Morgan fingerprint density at radius 1 is 1.07 bits per heavy atom. The Hall–Kier alpha value is -1.86. The second-order valence-corrected chi connectivity index (χ2v) is 2.81. The van der Waals surface area contributed by atoms with Gasteiger partial charge in [-0.3, -0.25) is 0 Å². The van der Waals surface area contributed by atoms with Crippen LogP contribution in [0.1, 0.15) is 0 Å². The molecule has 0 fully saturated rings. The molecule has 0 aromatic carbocycles. The lowest BCUT2D eigenvalue weighted by molar-refractivity contribution is 0.425. The van der Waals surface area contributed by atoms with E-state index >= 15 is 0 Å². The molecule has 0 atom stereocenters. The highest BCUT2D eigenvalue weighted by atomic mass is 16.4. The van der Waals surface area contributed by atoms with Crippen LogP contribution < -0.4 is 5.46 Å². The van der Waals surface area contributed by atoms with Gasteiger partial charge in [0.25, 0.3) is 0 Å². The highest BCUT2D eigenvalue weighted by Crippen LogP contribution is 2.06. The quantitative estimate of drug-likeness (QED) is 0.582. The van der Waals surface area contributed by atoms with E-state index in [1.165, 1.54) is 18.7 Å². The van der Waals surface area contributed by atoms with E-state index < -0.39 is 7.12 Å². The van der Waals surface area contributed by atoms with E-state index in [2.05, 4.69) is 19.9 Å². The van der Waals surface area contributed by atoms with Crippen LogP contribution in [0, 0.1) is 0 Å². The summed E-state index contributed by atoms with van der Waals surface area (Å²) in [5, 5.41) is 17.7. The van der Waals surface area contributed by atoms with Crippen molar-refractivity contribution in [1.29, 1.82) is 0 Å². The molecule has 0 bridgehead atoms. The lowest BCUT2D eigenvalue weighted by atomic mass is 9.83. The third-order valence-corrected chi connectivity index (χ3v) is 1.78. The van der Waals surface area contributed by atoms with Crippen molar-refractivity contribution in [1.82, 2.24) is 19.9 Å². The molecule has 2 aromatic heterocycles. The molecule has 0 radical (unpaired) electrons. The third-order valence-electron chi connectivity index (χ3n) is 1.78. The summed E-state index contributed by atoms with van der Waals surface area (Å²) >= 11 is 0. The monoisotopic (exact) mass is 202 g/mol. The lowest BCUT2D eigenvalue weighted by Crippen LogP contribution is -2.30. The molecule has 0 unspecified atom stereocenters. The normalized spacial score (nSPS) is 10.0. The predicted octanol–water partition coefficient (Wildman–Crippen LogP) is -1.39. The van der Waals surface area contributed by atoms with Gasteiger partial charge in [0, 0.05) is 24.1 Å². The largest absolute Gasteiger partial charge is 0.491 e. The Kier molecular flexibility index (Phi) is 2.66. The van der Waals surface area contributed by atoms with Gasteiger partial charge >= 0.3 is 7.12 Å². The van der Waals surface area contributed by atoms with Crippen molar-refractivity contribution in [3.63, 3.8) is 0 Å². The first-order valence-corrected chi connectivity index (χ1v) is 4.22. The van der Waals surface area contributed by atoms with E-state index in [1.807, 2.05) is 0 Å². The highest BCUT2D eigenvalue weighted by Gasteiger charge is 2.12. The van der Waals surface area contributed by atoms with Gasteiger partial charge in [0.05, 0.1) is 0 Å². The molecule has 2 rings (SSSR count). The molecule has 0 aliphatic carbocycles. The van der Waals surface area contributed by atoms with Gasteiger partial charge in [-0.05, 0) is 6.07 Å². The van der Waals surface area contributed by atoms with Crippen LogP contribution in [0.15, 0.2) is 31.0 Å². The molecule has 0 aliphatic rings. The van der Waals surface area contributed by atoms with E-state index in [9.17, 15) is 0 Å². The number of hydrogen-bond donors (Lipinski definition) is 2. The summed E-state index contributed by atoms with van der Waals surface area (Å²) in [5.41, 5.74) is 0.830. The molecular weight excluding hydrogens is 195 g/mol. The van der Waals surface area contributed by atoms with Crippen LogP contribution in [-0.2, 0) is 0 Å². The Labute approximate surface area is 85.8 Å². The first-order valence-electron chi connectivity index (χ1n) is 4.22. The minimum Gasteiger partial charge on any atom is -0.423 e. The van der Waals surface area contributed by atoms with Gasteiger partial charge in [0.15, 0.2) is 5.82 Å². The van der Waals surface area contributed by atoms with Crippen molar-refractivity contribution in [2.75, 3.05) is 0 Å². The summed E-state index contributed by atoms with van der Waals surface area (Å²) < 4.78 is 0. The van der Waals surface area contributed by atoms with Crippen LogP contribution in [-0.4, -0.2) is 37.1 Å². The van der Waals surface area contributed by atoms with Gasteiger partial charge in [0.1, 0.15) is 12.0 Å². The van der Waals surface area contributed by atoms with E-state index in [-0.39, 0.29) is 5.46 Å². The Morgan fingerprint density at radius 2 is 1.80 bits per heavy atom. The SMILES string of the molecule is OB(O)c1cnc(-c2ccncn2)nc1. The Balaban J connectivity index is 2.32.